The number of hydrogen-bond acceptors (Lipinski definition) is 4. The van der Waals surface area contributed by atoms with Crippen LogP contribution in [0.15, 0.2) is 24.3 Å². The highest BCUT2D eigenvalue weighted by molar-refractivity contribution is 6.04. The van der Waals surface area contributed by atoms with Crippen molar-refractivity contribution in [1.29, 1.82) is 0 Å². The van der Waals surface area contributed by atoms with Gasteiger partial charge in [-0.1, -0.05) is 0 Å². The van der Waals surface area contributed by atoms with Crippen LogP contribution < -0.4 is 5.32 Å². The predicted octanol–water partition coefficient (Wildman–Crippen LogP) is 1.39. The van der Waals surface area contributed by atoms with Crippen LogP contribution in [-0.4, -0.2) is 25.9 Å². The van der Waals surface area contributed by atoms with Gasteiger partial charge in [-0.15, -0.1) is 0 Å². The molecule has 3 N–H and O–H groups in total. The molecule has 6 heteroatoms. The van der Waals surface area contributed by atoms with E-state index in [1.165, 1.54) is 12.1 Å². The zero-order valence-corrected chi connectivity index (χ0v) is 10.0. The molecule has 0 fully saturated rings. The molecule has 1 heterocycles. The monoisotopic (exact) mass is 247 g/mol. The Morgan fingerprint density at radius 3 is 2.33 bits per heavy atom. The largest absolute Gasteiger partial charge is 0.508 e. The highest BCUT2D eigenvalue weighted by Crippen LogP contribution is 2.21. The first kappa shape index (κ1) is 12.0. The average molecular weight is 247 g/mol. The fraction of sp³-hybridized carbons (Fsp3) is 0.167. The van der Waals surface area contributed by atoms with Crippen molar-refractivity contribution in [3.05, 3.63) is 35.5 Å². The second-order valence-corrected chi connectivity index (χ2v) is 3.99. The summed E-state index contributed by atoms with van der Waals surface area (Å²) in [6.45, 7) is 1.86. The third-order valence-corrected chi connectivity index (χ3v) is 2.52. The van der Waals surface area contributed by atoms with Gasteiger partial charge in [-0.3, -0.25) is 9.48 Å². The summed E-state index contributed by atoms with van der Waals surface area (Å²) in [6.07, 6.45) is 0. The lowest BCUT2D eigenvalue weighted by molar-refractivity contribution is 0.102. The molecule has 0 saturated heterocycles. The van der Waals surface area contributed by atoms with E-state index in [9.17, 15) is 15.0 Å². The van der Waals surface area contributed by atoms with E-state index in [0.29, 0.717) is 5.82 Å². The van der Waals surface area contributed by atoms with Crippen molar-refractivity contribution < 1.29 is 15.0 Å². The molecular formula is C12H13N3O3. The molecule has 0 spiro atoms. The first-order chi connectivity index (χ1) is 8.45. The van der Waals surface area contributed by atoms with E-state index >= 15 is 0 Å². The average Bonchev–Trinajstić information content (AvgIpc) is 2.56. The Morgan fingerprint density at radius 2 is 1.83 bits per heavy atom. The zero-order chi connectivity index (χ0) is 13.3. The van der Waals surface area contributed by atoms with E-state index in [1.807, 2.05) is 6.92 Å². The number of phenolic OH excluding ortho intramolecular Hbond substituents is 2. The standard InChI is InChI=1S/C12H13N3O3/c1-7-3-11(14-15(7)2)13-12(18)8-4-9(16)6-10(17)5-8/h3-6,16-17H,1-2H3,(H,13,14,18). The van der Waals surface area contributed by atoms with Gasteiger partial charge in [-0.25, -0.2) is 0 Å². The number of carbonyl (C=O) groups excluding carboxylic acids is 1. The molecule has 2 aromatic rings. The molecule has 0 radical (unpaired) electrons. The highest BCUT2D eigenvalue weighted by atomic mass is 16.3. The number of aryl methyl sites for hydroxylation is 2. The number of nitrogens with zero attached hydrogens (tertiary/aromatic N) is 2. The number of nitrogens with one attached hydrogen (secondary N) is 1. The molecule has 0 bridgehead atoms. The van der Waals surface area contributed by atoms with Gasteiger partial charge < -0.3 is 15.5 Å². The number of aromatic nitrogens is 2. The smallest absolute Gasteiger partial charge is 0.257 e. The molecule has 2 rings (SSSR count). The lowest BCUT2D eigenvalue weighted by Crippen LogP contribution is -2.12. The Bertz CT molecular complexity index is 565. The topological polar surface area (TPSA) is 87.4 Å². The van der Waals surface area contributed by atoms with Crippen LogP contribution in [0.25, 0.3) is 0 Å². The Morgan fingerprint density at radius 1 is 1.22 bits per heavy atom. The minimum atomic E-state index is -0.445. The first-order valence-electron chi connectivity index (χ1n) is 5.31. The number of phenols is 2. The summed E-state index contributed by atoms with van der Waals surface area (Å²) in [5.74, 6) is -0.364. The molecule has 94 valence electrons. The van der Waals surface area contributed by atoms with Crippen LogP contribution in [0, 0.1) is 6.92 Å². The fourth-order valence-electron chi connectivity index (χ4n) is 1.54. The van der Waals surface area contributed by atoms with Crippen molar-refractivity contribution >= 4 is 11.7 Å². The van der Waals surface area contributed by atoms with E-state index in [1.54, 1.807) is 17.8 Å². The molecular weight excluding hydrogens is 234 g/mol. The fourth-order valence-corrected chi connectivity index (χ4v) is 1.54. The van der Waals surface area contributed by atoms with Gasteiger partial charge in [0.15, 0.2) is 5.82 Å². The Kier molecular flexibility index (Phi) is 2.93. The summed E-state index contributed by atoms with van der Waals surface area (Å²) in [5.41, 5.74) is 1.07. The van der Waals surface area contributed by atoms with Gasteiger partial charge in [-0.2, -0.15) is 5.10 Å². The van der Waals surface area contributed by atoms with Crippen LogP contribution in [0.4, 0.5) is 5.82 Å². The first-order valence-corrected chi connectivity index (χ1v) is 5.31. The van der Waals surface area contributed by atoms with Gasteiger partial charge in [0.05, 0.1) is 0 Å². The van der Waals surface area contributed by atoms with E-state index in [-0.39, 0.29) is 17.1 Å². The van der Waals surface area contributed by atoms with E-state index in [4.69, 9.17) is 0 Å². The van der Waals surface area contributed by atoms with Crippen LogP contribution in [0.5, 0.6) is 11.5 Å². The molecule has 18 heavy (non-hydrogen) atoms. The van der Waals surface area contributed by atoms with Crippen LogP contribution in [0.1, 0.15) is 16.1 Å². The molecule has 0 unspecified atom stereocenters. The van der Waals surface area contributed by atoms with Gasteiger partial charge in [-0.05, 0) is 19.1 Å². The lowest BCUT2D eigenvalue weighted by atomic mass is 10.2. The molecule has 6 nitrogen and oxygen atoms in total. The van der Waals surface area contributed by atoms with Gasteiger partial charge >= 0.3 is 0 Å². The molecule has 0 atom stereocenters. The number of hydrogen-bond donors (Lipinski definition) is 3. The van der Waals surface area contributed by atoms with Crippen molar-refractivity contribution in [3.63, 3.8) is 0 Å². The zero-order valence-electron chi connectivity index (χ0n) is 10.0. The van der Waals surface area contributed by atoms with Crippen molar-refractivity contribution in [2.24, 2.45) is 7.05 Å². The summed E-state index contributed by atoms with van der Waals surface area (Å²) in [6, 6.07) is 5.41. The summed E-state index contributed by atoms with van der Waals surface area (Å²) in [4.78, 5) is 11.9. The SMILES string of the molecule is Cc1cc(NC(=O)c2cc(O)cc(O)c2)nn1C. The van der Waals surface area contributed by atoms with Gasteiger partial charge in [0.1, 0.15) is 11.5 Å². The summed E-state index contributed by atoms with van der Waals surface area (Å²) >= 11 is 0. The predicted molar refractivity (Wildman–Crippen MR) is 65.7 cm³/mol. The minimum Gasteiger partial charge on any atom is -0.508 e. The maximum atomic E-state index is 11.9. The highest BCUT2D eigenvalue weighted by Gasteiger charge is 2.11. The van der Waals surface area contributed by atoms with E-state index in [0.717, 1.165) is 11.8 Å². The normalized spacial score (nSPS) is 10.3. The molecule has 0 aliphatic carbocycles. The van der Waals surface area contributed by atoms with Crippen molar-refractivity contribution in [2.45, 2.75) is 6.92 Å². The third-order valence-electron chi connectivity index (χ3n) is 2.52. The van der Waals surface area contributed by atoms with Crippen molar-refractivity contribution in [2.75, 3.05) is 5.32 Å². The van der Waals surface area contributed by atoms with Crippen LogP contribution in [0.3, 0.4) is 0 Å². The Labute approximate surface area is 103 Å². The van der Waals surface area contributed by atoms with E-state index in [2.05, 4.69) is 10.4 Å². The Hall–Kier alpha value is -2.50. The quantitative estimate of drug-likeness (QED) is 0.748. The number of amides is 1. The molecule has 0 aliphatic rings. The minimum absolute atomic E-state index is 0.163. The number of carbonyl (C=O) groups is 1. The van der Waals surface area contributed by atoms with Crippen LogP contribution >= 0.6 is 0 Å². The second kappa shape index (κ2) is 4.40. The maximum Gasteiger partial charge on any atom is 0.257 e. The molecule has 1 aromatic carbocycles. The molecule has 1 aromatic heterocycles. The number of benzene rings is 1. The number of aromatic hydroxyl groups is 2. The van der Waals surface area contributed by atoms with E-state index < -0.39 is 5.91 Å². The number of anilines is 1. The maximum absolute atomic E-state index is 11.9. The summed E-state index contributed by atoms with van der Waals surface area (Å²) in [7, 11) is 1.77. The molecule has 1 amide bonds. The number of rotatable bonds is 2. The van der Waals surface area contributed by atoms with Crippen molar-refractivity contribution in [1.82, 2.24) is 9.78 Å². The summed E-state index contributed by atoms with van der Waals surface area (Å²) < 4.78 is 1.63. The van der Waals surface area contributed by atoms with Gasteiger partial charge in [0, 0.05) is 30.4 Å². The van der Waals surface area contributed by atoms with Gasteiger partial charge in [0.2, 0.25) is 0 Å². The van der Waals surface area contributed by atoms with Crippen LogP contribution in [-0.2, 0) is 7.05 Å². The third kappa shape index (κ3) is 2.42. The molecule has 0 saturated carbocycles. The Balaban J connectivity index is 2.21. The molecule has 0 aliphatic heterocycles. The van der Waals surface area contributed by atoms with Crippen molar-refractivity contribution in [3.8, 4) is 11.5 Å². The lowest BCUT2D eigenvalue weighted by Gasteiger charge is -2.03. The second-order valence-electron chi connectivity index (χ2n) is 3.99. The summed E-state index contributed by atoms with van der Waals surface area (Å²) in [5, 5.41) is 25.3. The van der Waals surface area contributed by atoms with Gasteiger partial charge in [0.25, 0.3) is 5.91 Å². The van der Waals surface area contributed by atoms with Crippen LogP contribution in [0.2, 0.25) is 0 Å².